The van der Waals surface area contributed by atoms with Crippen molar-refractivity contribution in [1.29, 1.82) is 0 Å². The van der Waals surface area contributed by atoms with Crippen LogP contribution >= 0.6 is 0 Å². The molecule has 0 aromatic carbocycles. The predicted molar refractivity (Wildman–Crippen MR) is 64.4 cm³/mol. The van der Waals surface area contributed by atoms with Gasteiger partial charge in [-0.05, 0) is 19.8 Å². The van der Waals surface area contributed by atoms with Gasteiger partial charge in [-0.15, -0.1) is 0 Å². The average molecular weight is 250 g/mol. The molecule has 1 unspecified atom stereocenters. The average Bonchev–Trinajstić information content (AvgIpc) is 2.38. The monoisotopic (exact) mass is 250 g/mol. The van der Waals surface area contributed by atoms with Crippen molar-refractivity contribution >= 4 is 11.5 Å². The molecule has 0 saturated carbocycles. The number of hydrogen-bond acceptors (Lipinski definition) is 5. The molecule has 0 amide bonds. The molecule has 0 bridgehead atoms. The SMILES string of the molecule is COC(=O)c1cnc2n(c1=O)C(C)CC/C2=C/O. The van der Waals surface area contributed by atoms with E-state index in [9.17, 15) is 9.59 Å². The molecular weight excluding hydrogens is 236 g/mol. The number of aliphatic hydroxyl groups is 1. The Morgan fingerprint density at radius 1 is 1.67 bits per heavy atom. The van der Waals surface area contributed by atoms with Crippen molar-refractivity contribution in [2.75, 3.05) is 7.11 Å². The first-order chi connectivity index (χ1) is 8.60. The van der Waals surface area contributed by atoms with Gasteiger partial charge in [-0.25, -0.2) is 9.78 Å². The zero-order valence-electron chi connectivity index (χ0n) is 10.2. The minimum atomic E-state index is -0.699. The molecule has 0 fully saturated rings. The topological polar surface area (TPSA) is 81.4 Å². The highest BCUT2D eigenvalue weighted by Crippen LogP contribution is 2.29. The van der Waals surface area contributed by atoms with Gasteiger partial charge >= 0.3 is 5.97 Å². The second-order valence-corrected chi connectivity index (χ2v) is 4.20. The van der Waals surface area contributed by atoms with Gasteiger partial charge in [0.2, 0.25) is 0 Å². The van der Waals surface area contributed by atoms with Gasteiger partial charge in [-0.2, -0.15) is 0 Å². The summed E-state index contributed by atoms with van der Waals surface area (Å²) in [6.07, 6.45) is 3.52. The molecule has 96 valence electrons. The van der Waals surface area contributed by atoms with Crippen molar-refractivity contribution < 1.29 is 14.6 Å². The van der Waals surface area contributed by atoms with Crippen LogP contribution in [0.3, 0.4) is 0 Å². The summed E-state index contributed by atoms with van der Waals surface area (Å²) < 4.78 is 5.97. The number of hydrogen-bond donors (Lipinski definition) is 1. The van der Waals surface area contributed by atoms with E-state index in [0.29, 0.717) is 24.2 Å². The second-order valence-electron chi connectivity index (χ2n) is 4.20. The maximum Gasteiger partial charge on any atom is 0.345 e. The van der Waals surface area contributed by atoms with E-state index in [1.807, 2.05) is 6.92 Å². The molecule has 1 aromatic rings. The Morgan fingerprint density at radius 2 is 2.39 bits per heavy atom. The summed E-state index contributed by atoms with van der Waals surface area (Å²) in [5.41, 5.74) is 0.0762. The van der Waals surface area contributed by atoms with Crippen LogP contribution in [0, 0.1) is 0 Å². The maximum absolute atomic E-state index is 12.2. The second kappa shape index (κ2) is 4.64. The summed E-state index contributed by atoms with van der Waals surface area (Å²) in [4.78, 5) is 27.7. The number of ether oxygens (including phenoxy) is 1. The summed E-state index contributed by atoms with van der Waals surface area (Å²) >= 11 is 0. The predicted octanol–water partition coefficient (Wildman–Crippen LogP) is 1.28. The van der Waals surface area contributed by atoms with E-state index >= 15 is 0 Å². The minimum Gasteiger partial charge on any atom is -0.515 e. The Labute approximate surface area is 104 Å². The summed E-state index contributed by atoms with van der Waals surface area (Å²) in [6, 6.07) is -0.0618. The Hall–Kier alpha value is -2.11. The Kier molecular flexibility index (Phi) is 3.18. The van der Waals surface area contributed by atoms with Crippen molar-refractivity contribution in [1.82, 2.24) is 9.55 Å². The minimum absolute atomic E-state index is 0.0618. The highest BCUT2D eigenvalue weighted by molar-refractivity contribution is 5.88. The first-order valence-electron chi connectivity index (χ1n) is 5.63. The highest BCUT2D eigenvalue weighted by Gasteiger charge is 2.25. The van der Waals surface area contributed by atoms with Crippen LogP contribution in [0.2, 0.25) is 0 Å². The normalized spacial score (nSPS) is 20.6. The van der Waals surface area contributed by atoms with Gasteiger partial charge in [0.05, 0.1) is 13.4 Å². The van der Waals surface area contributed by atoms with Gasteiger partial charge in [0.15, 0.2) is 0 Å². The first kappa shape index (κ1) is 12.3. The number of carbonyl (C=O) groups excluding carboxylic acids is 1. The molecule has 2 heterocycles. The number of rotatable bonds is 1. The Morgan fingerprint density at radius 3 is 3.00 bits per heavy atom. The smallest absolute Gasteiger partial charge is 0.345 e. The summed E-state index contributed by atoms with van der Waals surface area (Å²) in [5.74, 6) is -0.288. The van der Waals surface area contributed by atoms with Crippen LogP contribution in [0.5, 0.6) is 0 Å². The van der Waals surface area contributed by atoms with Crippen molar-refractivity contribution in [3.8, 4) is 0 Å². The van der Waals surface area contributed by atoms with Gasteiger partial charge in [0, 0.05) is 17.8 Å². The number of aromatic nitrogens is 2. The molecule has 1 N–H and O–H groups in total. The van der Waals surface area contributed by atoms with Crippen molar-refractivity contribution in [2.24, 2.45) is 0 Å². The zero-order valence-corrected chi connectivity index (χ0v) is 10.2. The maximum atomic E-state index is 12.2. The van der Waals surface area contributed by atoms with Crippen LogP contribution < -0.4 is 5.56 Å². The van der Waals surface area contributed by atoms with E-state index in [0.717, 1.165) is 6.26 Å². The summed E-state index contributed by atoms with van der Waals surface area (Å²) in [5, 5.41) is 9.13. The molecule has 6 heteroatoms. The molecule has 1 aromatic heterocycles. The third-order valence-electron chi connectivity index (χ3n) is 3.11. The van der Waals surface area contributed by atoms with E-state index in [4.69, 9.17) is 5.11 Å². The first-order valence-corrected chi connectivity index (χ1v) is 5.63. The molecule has 18 heavy (non-hydrogen) atoms. The van der Waals surface area contributed by atoms with Gasteiger partial charge in [-0.1, -0.05) is 0 Å². The number of methoxy groups -OCH3 is 1. The third-order valence-corrected chi connectivity index (χ3v) is 3.11. The van der Waals surface area contributed by atoms with Crippen molar-refractivity contribution in [3.63, 3.8) is 0 Å². The fourth-order valence-corrected chi connectivity index (χ4v) is 2.09. The largest absolute Gasteiger partial charge is 0.515 e. The van der Waals surface area contributed by atoms with E-state index in [1.165, 1.54) is 17.9 Å². The van der Waals surface area contributed by atoms with Gasteiger partial charge in [-0.3, -0.25) is 9.36 Å². The molecule has 1 atom stereocenters. The molecule has 2 rings (SSSR count). The lowest BCUT2D eigenvalue weighted by Crippen LogP contribution is -2.34. The van der Waals surface area contributed by atoms with Crippen LogP contribution in [-0.2, 0) is 4.74 Å². The number of carbonyl (C=O) groups is 1. The molecular formula is C12H14N2O4. The number of allylic oxidation sites excluding steroid dienone is 1. The summed E-state index contributed by atoms with van der Waals surface area (Å²) in [6.45, 7) is 1.88. The molecule has 0 aliphatic carbocycles. The molecule has 0 spiro atoms. The molecule has 0 radical (unpaired) electrons. The van der Waals surface area contributed by atoms with E-state index < -0.39 is 11.5 Å². The number of fused-ring (bicyclic) bond motifs is 1. The van der Waals surface area contributed by atoms with Crippen molar-refractivity contribution in [2.45, 2.75) is 25.8 Å². The van der Waals surface area contributed by atoms with E-state index in [1.54, 1.807) is 0 Å². The Balaban J connectivity index is 2.67. The van der Waals surface area contributed by atoms with Gasteiger partial charge in [0.25, 0.3) is 5.56 Å². The van der Waals surface area contributed by atoms with Crippen LogP contribution in [0.4, 0.5) is 0 Å². The van der Waals surface area contributed by atoms with Crippen LogP contribution in [0.25, 0.3) is 5.57 Å². The third kappa shape index (κ3) is 1.79. The number of aliphatic hydroxyl groups excluding tert-OH is 1. The van der Waals surface area contributed by atoms with Gasteiger partial charge < -0.3 is 9.84 Å². The summed E-state index contributed by atoms with van der Waals surface area (Å²) in [7, 11) is 1.22. The lowest BCUT2D eigenvalue weighted by atomic mass is 10.0. The van der Waals surface area contributed by atoms with Gasteiger partial charge in [0.1, 0.15) is 11.4 Å². The molecule has 1 aliphatic rings. The van der Waals surface area contributed by atoms with Crippen LogP contribution in [-0.4, -0.2) is 27.7 Å². The highest BCUT2D eigenvalue weighted by atomic mass is 16.5. The molecule has 0 saturated heterocycles. The number of nitrogens with zero attached hydrogens (tertiary/aromatic N) is 2. The number of esters is 1. The fraction of sp³-hybridized carbons (Fsp3) is 0.417. The van der Waals surface area contributed by atoms with Crippen LogP contribution in [0.1, 0.15) is 42.0 Å². The van der Waals surface area contributed by atoms with Crippen LogP contribution in [0.15, 0.2) is 17.3 Å². The quantitative estimate of drug-likeness (QED) is 0.599. The lowest BCUT2D eigenvalue weighted by molar-refractivity contribution is 0.0597. The fourth-order valence-electron chi connectivity index (χ4n) is 2.09. The van der Waals surface area contributed by atoms with Crippen molar-refractivity contribution in [3.05, 3.63) is 34.2 Å². The molecule has 6 nitrogen and oxygen atoms in total. The van der Waals surface area contributed by atoms with E-state index in [-0.39, 0.29) is 11.6 Å². The standard InChI is InChI=1S/C12H14N2O4/c1-7-3-4-8(6-15)10-13-5-9(12(17)18-2)11(16)14(7)10/h5-7,15H,3-4H2,1-2H3/b8-6-. The zero-order chi connectivity index (χ0) is 13.3. The lowest BCUT2D eigenvalue weighted by Gasteiger charge is -2.25. The Bertz CT molecular complexity index is 574. The van der Waals surface area contributed by atoms with E-state index in [2.05, 4.69) is 9.72 Å². The molecule has 1 aliphatic heterocycles.